The van der Waals surface area contributed by atoms with Crippen LogP contribution in [0.2, 0.25) is 0 Å². The van der Waals surface area contributed by atoms with Gasteiger partial charge in [-0.15, -0.1) is 17.5 Å². The molecule has 3 rings (SSSR count). The highest BCUT2D eigenvalue weighted by Gasteiger charge is 2.22. The lowest BCUT2D eigenvalue weighted by atomic mass is 10.1. The Kier molecular flexibility index (Phi) is 9.30. The van der Waals surface area contributed by atoms with Crippen molar-refractivity contribution < 1.29 is 18.7 Å². The van der Waals surface area contributed by atoms with Crippen molar-refractivity contribution in [3.05, 3.63) is 42.0 Å². The lowest BCUT2D eigenvalue weighted by Crippen LogP contribution is -2.37. The zero-order valence-electron chi connectivity index (χ0n) is 16.4. The molecule has 1 aliphatic rings. The number of nitrogens with one attached hydrogen (secondary N) is 1. The number of piperidine rings is 1. The van der Waals surface area contributed by atoms with E-state index in [1.165, 1.54) is 12.1 Å². The van der Waals surface area contributed by atoms with E-state index in [9.17, 15) is 9.18 Å². The SMILES string of the molecule is COCCN(CCOc1ccc(F)cc1)C(=O)c1cn(C2CCNCC2)nn1.Cl. The third-order valence-corrected chi connectivity index (χ3v) is 4.71. The van der Waals surface area contributed by atoms with E-state index in [0.29, 0.717) is 31.1 Å². The summed E-state index contributed by atoms with van der Waals surface area (Å²) >= 11 is 0. The maximum atomic E-state index is 13.0. The Bertz CT molecular complexity index is 753. The molecule has 0 bridgehead atoms. The van der Waals surface area contributed by atoms with Crippen LogP contribution in [-0.2, 0) is 4.74 Å². The molecule has 0 unspecified atom stereocenters. The van der Waals surface area contributed by atoms with Crippen molar-refractivity contribution in [3.63, 3.8) is 0 Å². The predicted octanol–water partition coefficient (Wildman–Crippen LogP) is 1.93. The summed E-state index contributed by atoms with van der Waals surface area (Å²) in [7, 11) is 1.59. The van der Waals surface area contributed by atoms with E-state index in [-0.39, 0.29) is 36.8 Å². The monoisotopic (exact) mass is 427 g/mol. The number of carbonyl (C=O) groups is 1. The van der Waals surface area contributed by atoms with E-state index in [1.54, 1.807) is 35.0 Å². The summed E-state index contributed by atoms with van der Waals surface area (Å²) in [6.45, 7) is 3.35. The lowest BCUT2D eigenvalue weighted by Gasteiger charge is -2.22. The second-order valence-electron chi connectivity index (χ2n) is 6.65. The first-order valence-corrected chi connectivity index (χ1v) is 9.46. The third-order valence-electron chi connectivity index (χ3n) is 4.71. The summed E-state index contributed by atoms with van der Waals surface area (Å²) in [4.78, 5) is 14.5. The van der Waals surface area contributed by atoms with Crippen LogP contribution in [0.5, 0.6) is 5.75 Å². The molecule has 1 aliphatic heterocycles. The molecule has 29 heavy (non-hydrogen) atoms. The quantitative estimate of drug-likeness (QED) is 0.658. The van der Waals surface area contributed by atoms with Crippen molar-refractivity contribution in [2.75, 3.05) is 46.5 Å². The maximum absolute atomic E-state index is 13.0. The van der Waals surface area contributed by atoms with Crippen molar-refractivity contribution >= 4 is 18.3 Å². The topological polar surface area (TPSA) is 81.5 Å². The van der Waals surface area contributed by atoms with Crippen LogP contribution < -0.4 is 10.1 Å². The van der Waals surface area contributed by atoms with Crippen molar-refractivity contribution in [2.24, 2.45) is 0 Å². The first-order valence-electron chi connectivity index (χ1n) is 9.46. The number of benzene rings is 1. The molecule has 0 radical (unpaired) electrons. The first-order chi connectivity index (χ1) is 13.7. The molecule has 2 aromatic rings. The molecule has 2 heterocycles. The van der Waals surface area contributed by atoms with Gasteiger partial charge in [-0.1, -0.05) is 5.21 Å². The summed E-state index contributed by atoms with van der Waals surface area (Å²) in [6.07, 6.45) is 3.66. The van der Waals surface area contributed by atoms with Gasteiger partial charge >= 0.3 is 0 Å². The van der Waals surface area contributed by atoms with Crippen LogP contribution >= 0.6 is 12.4 Å². The molecule has 1 fully saturated rings. The molecule has 0 atom stereocenters. The second kappa shape index (κ2) is 11.7. The Morgan fingerprint density at radius 2 is 1.93 bits per heavy atom. The van der Waals surface area contributed by atoms with Crippen LogP contribution in [0.15, 0.2) is 30.5 Å². The highest BCUT2D eigenvalue weighted by Crippen LogP contribution is 2.17. The molecule has 0 aliphatic carbocycles. The van der Waals surface area contributed by atoms with Gasteiger partial charge in [-0.05, 0) is 50.2 Å². The maximum Gasteiger partial charge on any atom is 0.276 e. The molecule has 1 N–H and O–H groups in total. The summed E-state index contributed by atoms with van der Waals surface area (Å²) in [5.74, 6) is 0.0263. The van der Waals surface area contributed by atoms with E-state index in [0.717, 1.165) is 25.9 Å². The Hall–Kier alpha value is -2.23. The average Bonchev–Trinajstić information content (AvgIpc) is 3.22. The lowest BCUT2D eigenvalue weighted by molar-refractivity contribution is 0.0660. The van der Waals surface area contributed by atoms with E-state index >= 15 is 0 Å². The van der Waals surface area contributed by atoms with Gasteiger partial charge in [0.05, 0.1) is 25.4 Å². The average molecular weight is 428 g/mol. The number of rotatable bonds is 9. The number of halogens is 2. The predicted molar refractivity (Wildman–Crippen MR) is 108 cm³/mol. The minimum absolute atomic E-state index is 0. The summed E-state index contributed by atoms with van der Waals surface area (Å²) < 4.78 is 25.5. The van der Waals surface area contributed by atoms with Crippen LogP contribution in [0.25, 0.3) is 0 Å². The molecule has 0 spiro atoms. The number of amides is 1. The van der Waals surface area contributed by atoms with E-state index in [2.05, 4.69) is 15.6 Å². The number of nitrogens with zero attached hydrogens (tertiary/aromatic N) is 4. The van der Waals surface area contributed by atoms with Gasteiger partial charge < -0.3 is 19.7 Å². The Balaban J connectivity index is 0.00000300. The van der Waals surface area contributed by atoms with Crippen molar-refractivity contribution in [2.45, 2.75) is 18.9 Å². The molecule has 160 valence electrons. The molecule has 1 aromatic heterocycles. The molecular formula is C19H27ClFN5O3. The van der Waals surface area contributed by atoms with Crippen molar-refractivity contribution in [1.29, 1.82) is 0 Å². The molecule has 10 heteroatoms. The number of carbonyl (C=O) groups excluding carboxylic acids is 1. The van der Waals surface area contributed by atoms with Gasteiger partial charge in [0.25, 0.3) is 5.91 Å². The molecule has 1 aromatic carbocycles. The number of hydrogen-bond donors (Lipinski definition) is 1. The molecular weight excluding hydrogens is 401 g/mol. The Morgan fingerprint density at radius 1 is 1.24 bits per heavy atom. The minimum atomic E-state index is -0.318. The van der Waals surface area contributed by atoms with Crippen LogP contribution in [0.1, 0.15) is 29.4 Å². The number of ether oxygens (including phenoxy) is 2. The van der Waals surface area contributed by atoms with Crippen molar-refractivity contribution in [3.8, 4) is 5.75 Å². The van der Waals surface area contributed by atoms with Gasteiger partial charge in [0.1, 0.15) is 18.2 Å². The largest absolute Gasteiger partial charge is 0.492 e. The van der Waals surface area contributed by atoms with Crippen LogP contribution in [0, 0.1) is 5.82 Å². The molecule has 8 nitrogen and oxygen atoms in total. The first kappa shape index (κ1) is 23.1. The van der Waals surface area contributed by atoms with E-state index in [1.807, 2.05) is 0 Å². The van der Waals surface area contributed by atoms with Gasteiger partial charge in [0.15, 0.2) is 5.69 Å². The molecule has 1 saturated heterocycles. The fourth-order valence-corrected chi connectivity index (χ4v) is 3.11. The normalized spacial score (nSPS) is 14.3. The Labute approximate surface area is 175 Å². The number of aromatic nitrogens is 3. The Morgan fingerprint density at radius 3 is 2.62 bits per heavy atom. The molecule has 0 saturated carbocycles. The van der Waals surface area contributed by atoms with Crippen LogP contribution in [0.4, 0.5) is 4.39 Å². The van der Waals surface area contributed by atoms with Gasteiger partial charge in [-0.25, -0.2) is 9.07 Å². The van der Waals surface area contributed by atoms with Gasteiger partial charge in [-0.2, -0.15) is 0 Å². The van der Waals surface area contributed by atoms with Gasteiger partial charge in [0, 0.05) is 13.7 Å². The smallest absolute Gasteiger partial charge is 0.276 e. The highest BCUT2D eigenvalue weighted by molar-refractivity contribution is 5.91. The fraction of sp³-hybridized carbons (Fsp3) is 0.526. The summed E-state index contributed by atoms with van der Waals surface area (Å²) in [5.41, 5.74) is 0.316. The van der Waals surface area contributed by atoms with Gasteiger partial charge in [0.2, 0.25) is 0 Å². The second-order valence-corrected chi connectivity index (χ2v) is 6.65. The van der Waals surface area contributed by atoms with E-state index in [4.69, 9.17) is 9.47 Å². The van der Waals surface area contributed by atoms with E-state index < -0.39 is 0 Å². The number of methoxy groups -OCH3 is 1. The van der Waals surface area contributed by atoms with Gasteiger partial charge in [-0.3, -0.25) is 4.79 Å². The zero-order valence-corrected chi connectivity index (χ0v) is 17.2. The van der Waals surface area contributed by atoms with Crippen LogP contribution in [0.3, 0.4) is 0 Å². The highest BCUT2D eigenvalue weighted by atomic mass is 35.5. The van der Waals surface area contributed by atoms with Crippen molar-refractivity contribution in [1.82, 2.24) is 25.2 Å². The summed E-state index contributed by atoms with van der Waals surface area (Å²) in [6, 6.07) is 6.05. The summed E-state index contributed by atoms with van der Waals surface area (Å²) in [5, 5.41) is 11.5. The third kappa shape index (κ3) is 6.66. The number of hydrogen-bond acceptors (Lipinski definition) is 6. The standard InChI is InChI=1S/C19H26FN5O3.ClH/c1-27-12-10-24(11-13-28-17-4-2-15(20)3-5-17)19(26)18-14-25(23-22-18)16-6-8-21-9-7-16;/h2-5,14,16,21H,6-13H2,1H3;1H. The minimum Gasteiger partial charge on any atom is -0.492 e. The molecule has 1 amide bonds. The fourth-order valence-electron chi connectivity index (χ4n) is 3.11. The van der Waals surface area contributed by atoms with Crippen LogP contribution in [-0.4, -0.2) is 72.3 Å². The zero-order chi connectivity index (χ0) is 19.8.